The highest BCUT2D eigenvalue weighted by Crippen LogP contribution is 2.34. The number of hydrogen-bond acceptors (Lipinski definition) is 7. The van der Waals surface area contributed by atoms with Crippen LogP contribution in [0.2, 0.25) is 0 Å². The zero-order chi connectivity index (χ0) is 20.4. The molecule has 1 aliphatic heterocycles. The molecule has 0 aromatic carbocycles. The van der Waals surface area contributed by atoms with Crippen LogP contribution in [-0.2, 0) is 6.54 Å². The molecule has 4 aromatic rings. The summed E-state index contributed by atoms with van der Waals surface area (Å²) in [5.41, 5.74) is 8.34. The van der Waals surface area contributed by atoms with Crippen molar-refractivity contribution in [3.8, 4) is 0 Å². The van der Waals surface area contributed by atoms with Crippen LogP contribution in [-0.4, -0.2) is 58.7 Å². The highest BCUT2D eigenvalue weighted by molar-refractivity contribution is 5.74. The Labute approximate surface area is 165 Å². The SMILES string of the molecule is CC[C@@H]1CN(C(=O)O)C[C@@H]1c1nnc2cnc3[nH]ccc3n12.NCc1cocn1. The minimum Gasteiger partial charge on any atom is -0.465 e. The van der Waals surface area contributed by atoms with Gasteiger partial charge in [0.15, 0.2) is 17.7 Å². The van der Waals surface area contributed by atoms with Gasteiger partial charge < -0.3 is 25.1 Å². The molecule has 29 heavy (non-hydrogen) atoms. The molecule has 11 heteroatoms. The first-order valence-electron chi connectivity index (χ1n) is 9.34. The summed E-state index contributed by atoms with van der Waals surface area (Å²) in [7, 11) is 0. The molecule has 4 N–H and O–H groups in total. The molecule has 2 atom stereocenters. The number of fused-ring (bicyclic) bond motifs is 3. The van der Waals surface area contributed by atoms with Gasteiger partial charge in [-0.05, 0) is 12.0 Å². The quantitative estimate of drug-likeness (QED) is 0.473. The summed E-state index contributed by atoms with van der Waals surface area (Å²) < 4.78 is 6.60. The minimum atomic E-state index is -0.872. The van der Waals surface area contributed by atoms with Crippen molar-refractivity contribution in [2.45, 2.75) is 25.8 Å². The molecule has 1 amide bonds. The lowest BCUT2D eigenvalue weighted by Gasteiger charge is -2.14. The van der Waals surface area contributed by atoms with Gasteiger partial charge in [-0.2, -0.15) is 0 Å². The van der Waals surface area contributed by atoms with Crippen LogP contribution in [0.4, 0.5) is 4.79 Å². The molecule has 152 valence electrons. The van der Waals surface area contributed by atoms with E-state index in [0.717, 1.165) is 29.1 Å². The average Bonchev–Trinajstić information content (AvgIpc) is 3.52. The van der Waals surface area contributed by atoms with Gasteiger partial charge >= 0.3 is 6.09 Å². The van der Waals surface area contributed by atoms with Crippen LogP contribution in [0.15, 0.2) is 35.5 Å². The van der Waals surface area contributed by atoms with E-state index in [1.54, 1.807) is 6.20 Å². The second-order valence-corrected chi connectivity index (χ2v) is 6.87. The van der Waals surface area contributed by atoms with Gasteiger partial charge in [-0.3, -0.25) is 4.40 Å². The van der Waals surface area contributed by atoms with Crippen LogP contribution in [0.3, 0.4) is 0 Å². The molecule has 4 aromatic heterocycles. The van der Waals surface area contributed by atoms with Gasteiger partial charge in [0, 0.05) is 31.7 Å². The Hall–Kier alpha value is -3.47. The van der Waals surface area contributed by atoms with Gasteiger partial charge in [0.2, 0.25) is 0 Å². The monoisotopic (exact) mass is 398 g/mol. The predicted molar refractivity (Wildman–Crippen MR) is 103 cm³/mol. The number of nitrogens with two attached hydrogens (primary N) is 1. The Balaban J connectivity index is 0.000000249. The maximum atomic E-state index is 11.3. The van der Waals surface area contributed by atoms with Crippen LogP contribution in [0, 0.1) is 5.92 Å². The van der Waals surface area contributed by atoms with Crippen LogP contribution in [0.5, 0.6) is 0 Å². The van der Waals surface area contributed by atoms with Crippen molar-refractivity contribution in [2.75, 3.05) is 13.1 Å². The Morgan fingerprint density at radius 1 is 1.38 bits per heavy atom. The summed E-state index contributed by atoms with van der Waals surface area (Å²) in [6.07, 6.45) is 6.44. The van der Waals surface area contributed by atoms with Gasteiger partial charge in [-0.1, -0.05) is 13.3 Å². The van der Waals surface area contributed by atoms with Crippen LogP contribution >= 0.6 is 0 Å². The largest absolute Gasteiger partial charge is 0.465 e. The van der Waals surface area contributed by atoms with Gasteiger partial charge in [0.05, 0.1) is 17.4 Å². The molecule has 5 rings (SSSR count). The summed E-state index contributed by atoms with van der Waals surface area (Å²) in [4.78, 5) is 23.9. The van der Waals surface area contributed by atoms with Gasteiger partial charge in [-0.15, -0.1) is 10.2 Å². The van der Waals surface area contributed by atoms with E-state index in [1.807, 2.05) is 16.7 Å². The smallest absolute Gasteiger partial charge is 0.407 e. The first kappa shape index (κ1) is 18.9. The zero-order valence-corrected chi connectivity index (χ0v) is 15.9. The molecule has 0 aliphatic carbocycles. The van der Waals surface area contributed by atoms with Gasteiger partial charge in [-0.25, -0.2) is 14.8 Å². The normalized spacial score (nSPS) is 18.9. The molecule has 0 saturated carbocycles. The summed E-state index contributed by atoms with van der Waals surface area (Å²) in [6, 6.07) is 1.94. The Morgan fingerprint density at radius 2 is 2.24 bits per heavy atom. The average molecular weight is 398 g/mol. The Kier molecular flexibility index (Phi) is 5.12. The summed E-state index contributed by atoms with van der Waals surface area (Å²) in [5, 5.41) is 17.8. The minimum absolute atomic E-state index is 0.0524. The molecule has 1 saturated heterocycles. The number of oxazole rings is 1. The molecule has 1 fully saturated rings. The highest BCUT2D eigenvalue weighted by Gasteiger charge is 2.38. The fourth-order valence-corrected chi connectivity index (χ4v) is 3.71. The molecular weight excluding hydrogens is 376 g/mol. The maximum Gasteiger partial charge on any atom is 0.407 e. The number of carboxylic acid groups (broad SMARTS) is 1. The van der Waals surface area contributed by atoms with Crippen molar-refractivity contribution in [1.29, 1.82) is 0 Å². The van der Waals surface area contributed by atoms with Gasteiger partial charge in [0.25, 0.3) is 0 Å². The summed E-state index contributed by atoms with van der Waals surface area (Å²) in [5.74, 6) is 1.12. The van der Waals surface area contributed by atoms with E-state index in [4.69, 9.17) is 5.73 Å². The first-order valence-corrected chi connectivity index (χ1v) is 9.34. The summed E-state index contributed by atoms with van der Waals surface area (Å²) in [6.45, 7) is 3.55. The number of hydrogen-bond donors (Lipinski definition) is 3. The number of nitrogens with one attached hydrogen (secondary N) is 1. The highest BCUT2D eigenvalue weighted by atomic mass is 16.4. The Morgan fingerprint density at radius 3 is 2.90 bits per heavy atom. The second kappa shape index (κ2) is 7.87. The fourth-order valence-electron chi connectivity index (χ4n) is 3.71. The lowest BCUT2D eigenvalue weighted by Crippen LogP contribution is -2.26. The molecule has 5 heterocycles. The third-order valence-corrected chi connectivity index (χ3v) is 5.23. The molecule has 0 unspecified atom stereocenters. The molecule has 0 spiro atoms. The van der Waals surface area contributed by atoms with Crippen molar-refractivity contribution in [3.63, 3.8) is 0 Å². The second-order valence-electron chi connectivity index (χ2n) is 6.87. The third-order valence-electron chi connectivity index (χ3n) is 5.23. The van der Waals surface area contributed by atoms with Crippen molar-refractivity contribution in [3.05, 3.63) is 42.6 Å². The van der Waals surface area contributed by atoms with E-state index < -0.39 is 6.09 Å². The van der Waals surface area contributed by atoms with E-state index in [-0.39, 0.29) is 11.8 Å². The molecule has 0 bridgehead atoms. The zero-order valence-electron chi connectivity index (χ0n) is 15.9. The van der Waals surface area contributed by atoms with Crippen LogP contribution in [0.1, 0.15) is 30.8 Å². The van der Waals surface area contributed by atoms with Crippen molar-refractivity contribution < 1.29 is 14.3 Å². The Bertz CT molecular complexity index is 1100. The first-order chi connectivity index (χ1) is 14.1. The van der Waals surface area contributed by atoms with E-state index in [1.165, 1.54) is 17.6 Å². The predicted octanol–water partition coefficient (Wildman–Crippen LogP) is 1.84. The number of rotatable bonds is 3. The van der Waals surface area contributed by atoms with Crippen molar-refractivity contribution in [2.24, 2.45) is 11.7 Å². The molecule has 1 aliphatic rings. The maximum absolute atomic E-state index is 11.3. The van der Waals surface area contributed by atoms with Crippen molar-refractivity contribution in [1.82, 2.24) is 34.4 Å². The fraction of sp³-hybridized carbons (Fsp3) is 0.389. The van der Waals surface area contributed by atoms with Crippen molar-refractivity contribution >= 4 is 22.9 Å². The lowest BCUT2D eigenvalue weighted by atomic mass is 9.93. The number of likely N-dealkylation sites (tertiary alicyclic amines) is 1. The van der Waals surface area contributed by atoms with E-state index in [2.05, 4.69) is 36.5 Å². The molecular formula is C18H22N8O3. The number of H-pyrrole nitrogens is 1. The van der Waals surface area contributed by atoms with Gasteiger partial charge in [0.1, 0.15) is 12.1 Å². The molecule has 0 radical (unpaired) electrons. The van der Waals surface area contributed by atoms with E-state index in [9.17, 15) is 9.90 Å². The number of carbonyl (C=O) groups is 1. The molecule has 11 nitrogen and oxygen atoms in total. The standard InChI is InChI=1S/C14H16N6O2.C4H6N2O/c1-2-8-6-19(14(21)22)7-9(8)13-18-17-11-5-16-12-10(20(11)13)3-4-15-12;5-1-4-2-7-3-6-4/h3-5,8-9,15H,2,6-7H2,1H3,(H,21,22);2-3H,1,5H2/t8-,9+;/m1./s1. The number of nitrogens with zero attached hydrogens (tertiary/aromatic N) is 6. The third kappa shape index (κ3) is 3.51. The number of aromatic amines is 1. The number of aromatic nitrogens is 6. The van der Waals surface area contributed by atoms with Crippen LogP contribution in [0.25, 0.3) is 16.8 Å². The topological polar surface area (TPSA) is 151 Å². The van der Waals surface area contributed by atoms with E-state index >= 15 is 0 Å². The summed E-state index contributed by atoms with van der Waals surface area (Å²) >= 11 is 0. The lowest BCUT2D eigenvalue weighted by molar-refractivity contribution is 0.153. The van der Waals surface area contributed by atoms with Crippen LogP contribution < -0.4 is 5.73 Å². The number of amides is 1. The van der Waals surface area contributed by atoms with E-state index in [0.29, 0.717) is 25.3 Å².